The minimum absolute atomic E-state index is 0. The fourth-order valence-electron chi connectivity index (χ4n) is 3.37. The fourth-order valence-corrected chi connectivity index (χ4v) is 4.07. The van der Waals surface area contributed by atoms with E-state index in [4.69, 9.17) is 9.47 Å². The predicted molar refractivity (Wildman–Crippen MR) is 131 cm³/mol. The van der Waals surface area contributed by atoms with Crippen LogP contribution in [0.3, 0.4) is 0 Å². The van der Waals surface area contributed by atoms with Crippen LogP contribution in [0.15, 0.2) is 23.1 Å². The van der Waals surface area contributed by atoms with Crippen molar-refractivity contribution in [2.24, 2.45) is 0 Å². The molecule has 0 fully saturated rings. The van der Waals surface area contributed by atoms with Gasteiger partial charge in [-0.2, -0.15) is 8.42 Å². The summed E-state index contributed by atoms with van der Waals surface area (Å²) in [5.41, 5.74) is -0.701. The van der Waals surface area contributed by atoms with Gasteiger partial charge in [-0.3, -0.25) is 4.55 Å². The second-order valence-corrected chi connectivity index (χ2v) is 9.35. The second kappa shape index (κ2) is 19.0. The van der Waals surface area contributed by atoms with Crippen molar-refractivity contribution in [1.82, 2.24) is 0 Å². The van der Waals surface area contributed by atoms with Crippen LogP contribution in [-0.4, -0.2) is 89.5 Å². The molecule has 184 valence electrons. The Morgan fingerprint density at radius 3 is 1.70 bits per heavy atom. The first-order valence-electron chi connectivity index (χ1n) is 11.8. The first kappa shape index (κ1) is 32.7. The summed E-state index contributed by atoms with van der Waals surface area (Å²) in [7, 11) is -4.73. The number of esters is 2. The van der Waals surface area contributed by atoms with Gasteiger partial charge in [-0.05, 0) is 25.0 Å². The number of hydrogen-bond donors (Lipinski definition) is 1. The molecule has 0 heterocycles. The van der Waals surface area contributed by atoms with E-state index >= 15 is 0 Å². The average molecular weight is 511 g/mol. The van der Waals surface area contributed by atoms with Crippen LogP contribution in [0.4, 0.5) is 0 Å². The summed E-state index contributed by atoms with van der Waals surface area (Å²) in [5.74, 6) is -1.77. The van der Waals surface area contributed by atoms with Gasteiger partial charge in [0.1, 0.15) is 4.90 Å². The van der Waals surface area contributed by atoms with E-state index in [0.29, 0.717) is 12.8 Å². The van der Waals surface area contributed by atoms with Gasteiger partial charge in [-0.25, -0.2) is 9.59 Å². The Morgan fingerprint density at radius 1 is 0.758 bits per heavy atom. The van der Waals surface area contributed by atoms with Crippen LogP contribution < -0.4 is 0 Å². The second-order valence-electron chi connectivity index (χ2n) is 7.96. The van der Waals surface area contributed by atoms with E-state index < -0.39 is 32.5 Å². The van der Waals surface area contributed by atoms with Crippen molar-refractivity contribution < 1.29 is 32.0 Å². The first-order valence-corrected chi connectivity index (χ1v) is 13.2. The summed E-state index contributed by atoms with van der Waals surface area (Å²) >= 11 is 0. The van der Waals surface area contributed by atoms with Gasteiger partial charge in [-0.15, -0.1) is 0 Å². The molecule has 0 amide bonds. The van der Waals surface area contributed by atoms with Crippen LogP contribution in [0.2, 0.25) is 0 Å². The van der Waals surface area contributed by atoms with Gasteiger partial charge >= 0.3 is 63.3 Å². The Bertz CT molecular complexity index is 809. The maximum atomic E-state index is 12.6. The van der Waals surface area contributed by atoms with E-state index in [1.54, 1.807) is 0 Å². The van der Waals surface area contributed by atoms with Gasteiger partial charge < -0.3 is 9.47 Å². The maximum absolute atomic E-state index is 12.6. The Labute approximate surface area is 241 Å². The van der Waals surface area contributed by atoms with E-state index in [1.807, 2.05) is 0 Å². The van der Waals surface area contributed by atoms with Crippen molar-refractivity contribution in [1.29, 1.82) is 0 Å². The summed E-state index contributed by atoms with van der Waals surface area (Å²) in [6, 6.07) is 3.66. The van der Waals surface area contributed by atoms with Gasteiger partial charge in [0.05, 0.1) is 24.3 Å². The van der Waals surface area contributed by atoms with Crippen LogP contribution in [-0.2, 0) is 19.6 Å². The summed E-state index contributed by atoms with van der Waals surface area (Å²) in [5, 5.41) is 0. The Hall–Kier alpha value is -0.294. The van der Waals surface area contributed by atoms with Gasteiger partial charge in [0.2, 0.25) is 0 Å². The van der Waals surface area contributed by atoms with Gasteiger partial charge in [-0.1, -0.05) is 84.1 Å². The molecule has 0 atom stereocenters. The molecule has 0 aliphatic carbocycles. The number of rotatable bonds is 17. The van der Waals surface area contributed by atoms with Crippen molar-refractivity contribution in [2.45, 2.75) is 95.8 Å². The van der Waals surface area contributed by atoms with Crippen LogP contribution in [0, 0.1) is 0 Å². The van der Waals surface area contributed by atoms with E-state index in [0.717, 1.165) is 63.9 Å². The summed E-state index contributed by atoms with van der Waals surface area (Å²) < 4.78 is 43.6. The Kier molecular flexibility index (Phi) is 18.8. The molecule has 0 saturated heterocycles. The quantitative estimate of drug-likeness (QED) is 0.131. The van der Waals surface area contributed by atoms with Crippen LogP contribution in [0.1, 0.15) is 112 Å². The molecule has 0 spiro atoms. The number of ether oxygens (including phenoxy) is 2. The molecular formula is C24H39KO7S. The molecule has 0 aromatic heterocycles. The van der Waals surface area contributed by atoms with Crippen molar-refractivity contribution in [2.75, 3.05) is 13.2 Å². The molecule has 0 radical (unpaired) electrons. The molecule has 1 aromatic rings. The van der Waals surface area contributed by atoms with Gasteiger partial charge in [0.25, 0.3) is 10.1 Å². The van der Waals surface area contributed by atoms with E-state index in [-0.39, 0.29) is 70.2 Å². The van der Waals surface area contributed by atoms with E-state index in [9.17, 15) is 22.6 Å². The predicted octanol–water partition coefficient (Wildman–Crippen LogP) is 5.32. The summed E-state index contributed by atoms with van der Waals surface area (Å²) in [6.45, 7) is 4.55. The molecule has 1 rings (SSSR count). The topological polar surface area (TPSA) is 107 Å². The van der Waals surface area contributed by atoms with Gasteiger partial charge in [0, 0.05) is 0 Å². The zero-order valence-corrected chi connectivity index (χ0v) is 20.3. The molecule has 1 N–H and O–H groups in total. The molecule has 1 aromatic carbocycles. The number of benzene rings is 1. The van der Waals surface area contributed by atoms with E-state index in [2.05, 4.69) is 13.8 Å². The number of carbonyl (C=O) groups is 2. The molecular weight excluding hydrogens is 471 g/mol. The third-order valence-electron chi connectivity index (χ3n) is 5.19. The van der Waals surface area contributed by atoms with Gasteiger partial charge in [0.15, 0.2) is 0 Å². The molecule has 33 heavy (non-hydrogen) atoms. The zero-order chi connectivity index (χ0) is 23.8. The Morgan fingerprint density at radius 2 is 1.21 bits per heavy atom. The average Bonchev–Trinajstić information content (AvgIpc) is 2.76. The molecule has 7 nitrogen and oxygen atoms in total. The normalized spacial score (nSPS) is 11.0. The fraction of sp³-hybridized carbons (Fsp3) is 0.667. The van der Waals surface area contributed by atoms with Crippen molar-refractivity contribution in [3.8, 4) is 0 Å². The number of unbranched alkanes of at least 4 members (excludes halogenated alkanes) is 10. The van der Waals surface area contributed by atoms with Crippen molar-refractivity contribution >= 4 is 73.4 Å². The van der Waals surface area contributed by atoms with Crippen LogP contribution >= 0.6 is 0 Å². The summed E-state index contributed by atoms with van der Waals surface area (Å²) in [6.07, 6.45) is 12.1. The van der Waals surface area contributed by atoms with Crippen molar-refractivity contribution in [3.05, 3.63) is 29.3 Å². The van der Waals surface area contributed by atoms with Crippen molar-refractivity contribution in [3.63, 3.8) is 0 Å². The molecule has 0 aliphatic heterocycles. The number of carbonyl (C=O) groups excluding carboxylic acids is 2. The monoisotopic (exact) mass is 510 g/mol. The van der Waals surface area contributed by atoms with Crippen LogP contribution in [0.5, 0.6) is 0 Å². The minimum atomic E-state index is -4.73. The molecule has 0 unspecified atom stereocenters. The van der Waals surface area contributed by atoms with E-state index in [1.165, 1.54) is 18.6 Å². The molecule has 0 saturated carbocycles. The third kappa shape index (κ3) is 13.4. The molecule has 9 heteroatoms. The standard InChI is InChI=1S/C24H38O7S.K.H/c1-3-5-7-9-11-13-18-30-23(25)20-16-15-17-21(32(27,28)29)22(20)24(26)31-19-14-12-10-8-6-4-2;;/h15-17H,3-14,18-19H2,1-2H3,(H,27,28,29);;. The van der Waals surface area contributed by atoms with Crippen LogP contribution in [0.25, 0.3) is 0 Å². The SMILES string of the molecule is CCCCCCCCOC(=O)c1cccc(S(=O)(=O)O)c1C(=O)OCCCCCCCC.[KH]. The summed E-state index contributed by atoms with van der Waals surface area (Å²) in [4.78, 5) is 24.5. The molecule has 0 aliphatic rings. The molecule has 0 bridgehead atoms. The number of hydrogen-bond acceptors (Lipinski definition) is 6. The zero-order valence-electron chi connectivity index (χ0n) is 19.4. The first-order chi connectivity index (χ1) is 15.3. The third-order valence-corrected chi connectivity index (χ3v) is 6.09. The Balaban J connectivity index is 0.0000102.